The predicted molar refractivity (Wildman–Crippen MR) is 470 cm³/mol. The Morgan fingerprint density at radius 3 is 0.518 bits per heavy atom. The van der Waals surface area contributed by atoms with E-state index in [9.17, 15) is 0 Å². The van der Waals surface area contributed by atoms with E-state index >= 15 is 9.59 Å². The van der Waals surface area contributed by atoms with E-state index in [1.807, 2.05) is 0 Å². The van der Waals surface area contributed by atoms with E-state index in [1.54, 1.807) is 0 Å². The molecule has 0 atom stereocenters. The van der Waals surface area contributed by atoms with Gasteiger partial charge in [0, 0.05) is 39.0 Å². The SMILES string of the molecule is O=C1CCC(=O)N(CCCNC(c2ccccc2)(c2ccccc2)c2ccccc2)CCCCN(CCCNC(c2ccccc2)(c2ccccc2)c2ccccc2)CCCCN(CCCNC(c2ccccc2)(c2ccccc2)c2ccccc2)CCCCN1CCCNC(c1ccccc1)(c1ccccc1)c1ccccc1. The van der Waals surface area contributed by atoms with Gasteiger partial charge in [0.15, 0.2) is 0 Å². The molecule has 12 aromatic carbocycles. The lowest BCUT2D eigenvalue weighted by Crippen LogP contribution is -2.46. The zero-order chi connectivity index (χ0) is 78.0. The molecule has 0 spiro atoms. The Bertz CT molecular complexity index is 4000. The van der Waals surface area contributed by atoms with Crippen molar-refractivity contribution in [2.45, 2.75) is 99.2 Å². The zero-order valence-corrected chi connectivity index (χ0v) is 66.6. The summed E-state index contributed by atoms with van der Waals surface area (Å²) in [6.45, 7) is 11.0. The van der Waals surface area contributed by atoms with E-state index in [4.69, 9.17) is 0 Å². The van der Waals surface area contributed by atoms with Crippen LogP contribution in [0.15, 0.2) is 364 Å². The monoisotopic (exact) mass is 1510 g/mol. The van der Waals surface area contributed by atoms with E-state index in [1.165, 1.54) is 33.4 Å². The standard InChI is InChI=1S/C104H116N8O2/c113-99-71-72-100(114)112(86-46-76-108-104(96-65-31-10-32-66-96,97-67-33-11-34-68-97)98-69-35-12-36-70-98)84-42-40-80-110(82-44-74-106-102(90-53-19-4-20-54-90,91-55-21-5-22-56-91)92-57-23-6-24-58-92)78-38-37-77-109(81-43-73-105-101(87-47-13-1-14-48-87,88-49-15-2-16-50-88)89-51-17-3-18-52-89)79-39-41-83-111(99)85-45-75-107-103(93-59-25-7-26-60-93,94-61-27-8-28-62-94)95-63-29-9-30-64-95/h1-36,47-70,105-108H,37-46,71-86H2. The summed E-state index contributed by atoms with van der Waals surface area (Å²) < 4.78 is 0. The van der Waals surface area contributed by atoms with Crippen LogP contribution in [-0.2, 0) is 31.7 Å². The first kappa shape index (κ1) is 81.4. The van der Waals surface area contributed by atoms with Gasteiger partial charge in [-0.05, 0) is 196 Å². The molecule has 1 heterocycles. The Balaban J connectivity index is 0.763. The first-order valence-corrected chi connectivity index (χ1v) is 42.1. The average Bonchev–Trinajstić information content (AvgIpc) is 0.778. The van der Waals surface area contributed by atoms with Crippen molar-refractivity contribution in [2.24, 2.45) is 0 Å². The molecular weight excluding hydrogens is 1390 g/mol. The predicted octanol–water partition coefficient (Wildman–Crippen LogP) is 19.3. The Hall–Kier alpha value is -10.7. The van der Waals surface area contributed by atoms with Crippen LogP contribution in [0.25, 0.3) is 0 Å². The average molecular weight is 1510 g/mol. The molecule has 0 unspecified atom stereocenters. The van der Waals surface area contributed by atoms with Crippen LogP contribution >= 0.6 is 0 Å². The molecule has 10 nitrogen and oxygen atoms in total. The largest absolute Gasteiger partial charge is 0.343 e. The summed E-state index contributed by atoms with van der Waals surface area (Å²) in [6.07, 6.45) is 9.36. The molecular formula is C104H116N8O2. The third kappa shape index (κ3) is 20.5. The Labute approximate surface area is 679 Å². The highest BCUT2D eigenvalue weighted by molar-refractivity contribution is 5.84. The number of carbonyl (C=O) groups is 2. The van der Waals surface area contributed by atoms with Crippen molar-refractivity contribution in [3.05, 3.63) is 431 Å². The first-order chi connectivity index (χ1) is 56.4. The van der Waals surface area contributed by atoms with Crippen LogP contribution in [0, 0.1) is 0 Å². The van der Waals surface area contributed by atoms with E-state index in [-0.39, 0.29) is 24.7 Å². The van der Waals surface area contributed by atoms with E-state index < -0.39 is 22.2 Å². The molecule has 114 heavy (non-hydrogen) atoms. The second kappa shape index (κ2) is 42.5. The lowest BCUT2D eigenvalue weighted by atomic mass is 9.77. The number of carbonyl (C=O) groups excluding carboxylic acids is 2. The van der Waals surface area contributed by atoms with Crippen molar-refractivity contribution in [1.29, 1.82) is 0 Å². The molecule has 4 N–H and O–H groups in total. The second-order valence-electron chi connectivity index (χ2n) is 30.6. The van der Waals surface area contributed by atoms with E-state index in [0.717, 1.165) is 150 Å². The Morgan fingerprint density at radius 1 is 0.202 bits per heavy atom. The number of hydrogen-bond donors (Lipinski definition) is 4. The maximum Gasteiger partial charge on any atom is 0.223 e. The van der Waals surface area contributed by atoms with Crippen molar-refractivity contribution >= 4 is 11.8 Å². The number of amides is 2. The minimum absolute atomic E-state index is 0.0403. The van der Waals surface area contributed by atoms with Gasteiger partial charge in [0.05, 0.1) is 22.2 Å². The van der Waals surface area contributed by atoms with Gasteiger partial charge in [-0.25, -0.2) is 0 Å². The zero-order valence-electron chi connectivity index (χ0n) is 66.6. The van der Waals surface area contributed by atoms with E-state index in [2.05, 4.69) is 405 Å². The van der Waals surface area contributed by atoms with Gasteiger partial charge in [0.1, 0.15) is 0 Å². The molecule has 0 radical (unpaired) electrons. The summed E-state index contributed by atoms with van der Waals surface area (Å²) >= 11 is 0. The molecule has 0 aromatic heterocycles. The summed E-state index contributed by atoms with van der Waals surface area (Å²) in [5, 5.41) is 16.6. The fourth-order valence-electron chi connectivity index (χ4n) is 17.6. The minimum atomic E-state index is -0.639. The van der Waals surface area contributed by atoms with Crippen LogP contribution in [0.5, 0.6) is 0 Å². The summed E-state index contributed by atoms with van der Waals surface area (Å²) in [7, 11) is 0. The number of hydrogen-bond acceptors (Lipinski definition) is 8. The summed E-state index contributed by atoms with van der Waals surface area (Å²) in [6, 6.07) is 130. The highest BCUT2D eigenvalue weighted by Gasteiger charge is 2.40. The number of nitrogens with zero attached hydrogens (tertiary/aromatic N) is 4. The summed E-state index contributed by atoms with van der Waals surface area (Å²) in [5.41, 5.74) is 11.8. The quantitative estimate of drug-likeness (QED) is 0.0245. The fraction of sp³-hybridized carbons (Fsp3) is 0.288. The number of benzene rings is 12. The Morgan fingerprint density at radius 2 is 0.351 bits per heavy atom. The lowest BCUT2D eigenvalue weighted by molar-refractivity contribution is -0.137. The van der Waals surface area contributed by atoms with Crippen LogP contribution in [0.2, 0.25) is 0 Å². The Kier molecular flexibility index (Phi) is 30.3. The van der Waals surface area contributed by atoms with Crippen molar-refractivity contribution in [2.75, 3.05) is 91.6 Å². The molecule has 1 fully saturated rings. The van der Waals surface area contributed by atoms with Gasteiger partial charge in [-0.1, -0.05) is 364 Å². The molecule has 0 saturated carbocycles. The molecule has 0 aliphatic carbocycles. The van der Waals surface area contributed by atoms with Crippen LogP contribution in [-0.4, -0.2) is 123 Å². The maximum atomic E-state index is 15.3. The first-order valence-electron chi connectivity index (χ1n) is 42.1. The maximum absolute atomic E-state index is 15.3. The third-order valence-corrected chi connectivity index (χ3v) is 23.3. The van der Waals surface area contributed by atoms with Crippen LogP contribution in [0.4, 0.5) is 0 Å². The topological polar surface area (TPSA) is 95.2 Å². The molecule has 584 valence electrons. The highest BCUT2D eigenvalue weighted by Crippen LogP contribution is 2.41. The molecule has 10 heteroatoms. The molecule has 1 saturated heterocycles. The van der Waals surface area contributed by atoms with Gasteiger partial charge < -0.3 is 19.6 Å². The van der Waals surface area contributed by atoms with E-state index in [0.29, 0.717) is 39.3 Å². The lowest BCUT2D eigenvalue weighted by Gasteiger charge is -2.37. The van der Waals surface area contributed by atoms with Crippen molar-refractivity contribution in [3.63, 3.8) is 0 Å². The normalized spacial score (nSPS) is 14.7. The summed E-state index contributed by atoms with van der Waals surface area (Å²) in [4.78, 5) is 40.2. The van der Waals surface area contributed by atoms with Gasteiger partial charge in [0.25, 0.3) is 0 Å². The molecule has 1 aliphatic rings. The van der Waals surface area contributed by atoms with Gasteiger partial charge in [0.2, 0.25) is 11.8 Å². The van der Waals surface area contributed by atoms with Crippen molar-refractivity contribution in [1.82, 2.24) is 40.9 Å². The number of rotatable bonds is 32. The smallest absolute Gasteiger partial charge is 0.223 e. The van der Waals surface area contributed by atoms with Crippen molar-refractivity contribution < 1.29 is 9.59 Å². The second-order valence-corrected chi connectivity index (χ2v) is 30.6. The fourth-order valence-corrected chi connectivity index (χ4v) is 17.6. The minimum Gasteiger partial charge on any atom is -0.343 e. The molecule has 1 aliphatic heterocycles. The van der Waals surface area contributed by atoms with Gasteiger partial charge >= 0.3 is 0 Å². The van der Waals surface area contributed by atoms with Crippen LogP contribution in [0.1, 0.15) is 144 Å². The molecule has 0 bridgehead atoms. The van der Waals surface area contributed by atoms with Gasteiger partial charge in [-0.3, -0.25) is 30.9 Å². The van der Waals surface area contributed by atoms with Gasteiger partial charge in [-0.15, -0.1) is 0 Å². The van der Waals surface area contributed by atoms with Crippen molar-refractivity contribution in [3.8, 4) is 0 Å². The molecule has 13 rings (SSSR count). The summed E-state index contributed by atoms with van der Waals surface area (Å²) in [5.74, 6) is 0.0806. The van der Waals surface area contributed by atoms with Gasteiger partial charge in [-0.2, -0.15) is 0 Å². The molecule has 2 amide bonds. The third-order valence-electron chi connectivity index (χ3n) is 23.3. The number of nitrogens with one attached hydrogen (secondary N) is 4. The van der Waals surface area contributed by atoms with Crippen LogP contribution in [0.3, 0.4) is 0 Å². The van der Waals surface area contributed by atoms with Crippen LogP contribution < -0.4 is 21.3 Å². The highest BCUT2D eigenvalue weighted by atomic mass is 16.2. The molecule has 12 aromatic rings.